The highest BCUT2D eigenvalue weighted by atomic mass is 32.1. The lowest BCUT2D eigenvalue weighted by Gasteiger charge is -2.20. The molecular weight excluding hydrogens is 464 g/mol. The van der Waals surface area contributed by atoms with Gasteiger partial charge in [-0.15, -0.1) is 11.3 Å². The van der Waals surface area contributed by atoms with E-state index in [-0.39, 0.29) is 11.5 Å². The van der Waals surface area contributed by atoms with Crippen LogP contribution in [0.4, 0.5) is 0 Å². The van der Waals surface area contributed by atoms with Crippen LogP contribution in [0.25, 0.3) is 10.2 Å². The van der Waals surface area contributed by atoms with Crippen LogP contribution in [0.2, 0.25) is 0 Å². The van der Waals surface area contributed by atoms with Gasteiger partial charge in [-0.25, -0.2) is 9.78 Å². The third-order valence-electron chi connectivity index (χ3n) is 5.35. The monoisotopic (exact) mass is 490 g/mol. The van der Waals surface area contributed by atoms with E-state index in [0.717, 1.165) is 20.8 Å². The van der Waals surface area contributed by atoms with Gasteiger partial charge >= 0.3 is 5.97 Å². The van der Waals surface area contributed by atoms with E-state index in [2.05, 4.69) is 4.98 Å². The van der Waals surface area contributed by atoms with Gasteiger partial charge in [0.15, 0.2) is 17.6 Å². The van der Waals surface area contributed by atoms with Crippen LogP contribution in [0.15, 0.2) is 72.8 Å². The number of hydrogen-bond acceptors (Lipinski definition) is 7. The summed E-state index contributed by atoms with van der Waals surface area (Å²) in [6, 6.07) is 22.4. The zero-order chi connectivity index (χ0) is 24.8. The summed E-state index contributed by atoms with van der Waals surface area (Å²) in [5, 5.41) is 0.816. The number of rotatable bonds is 9. The zero-order valence-corrected chi connectivity index (χ0v) is 20.6. The van der Waals surface area contributed by atoms with Gasteiger partial charge < -0.3 is 19.1 Å². The number of likely N-dealkylation sites (N-methyl/N-ethyl adjacent to an activating group) is 1. The number of amides is 1. The number of methoxy groups -OCH3 is 1. The lowest BCUT2D eigenvalue weighted by molar-refractivity contribution is -0.139. The molecule has 35 heavy (non-hydrogen) atoms. The highest BCUT2D eigenvalue weighted by Gasteiger charge is 2.24. The molecular formula is C27H26N2O5S. The van der Waals surface area contributed by atoms with Gasteiger partial charge in [-0.1, -0.05) is 42.5 Å². The van der Waals surface area contributed by atoms with Gasteiger partial charge in [0, 0.05) is 7.05 Å². The minimum atomic E-state index is -0.957. The molecule has 0 saturated carbocycles. The summed E-state index contributed by atoms with van der Waals surface area (Å²) in [5.74, 6) is -0.0190. The van der Waals surface area contributed by atoms with Crippen molar-refractivity contribution in [3.8, 4) is 11.5 Å². The SMILES string of the molecule is COc1cc(C(=O)OC(C)C(=O)N(C)Cc2nc3ccccc3s2)ccc1OCc1ccccc1. The lowest BCUT2D eigenvalue weighted by atomic mass is 10.2. The molecule has 3 aromatic carbocycles. The van der Waals surface area contributed by atoms with Crippen LogP contribution in [0, 0.1) is 0 Å². The van der Waals surface area contributed by atoms with Crippen molar-refractivity contribution in [3.05, 3.63) is 88.9 Å². The van der Waals surface area contributed by atoms with Gasteiger partial charge in [-0.3, -0.25) is 4.79 Å². The van der Waals surface area contributed by atoms with Gasteiger partial charge in [0.1, 0.15) is 11.6 Å². The van der Waals surface area contributed by atoms with E-state index in [1.54, 1.807) is 32.2 Å². The van der Waals surface area contributed by atoms with E-state index in [1.807, 2.05) is 54.6 Å². The molecule has 7 nitrogen and oxygen atoms in total. The highest BCUT2D eigenvalue weighted by Crippen LogP contribution is 2.29. The highest BCUT2D eigenvalue weighted by molar-refractivity contribution is 7.18. The summed E-state index contributed by atoms with van der Waals surface area (Å²) >= 11 is 1.53. The molecule has 0 N–H and O–H groups in total. The molecule has 1 atom stereocenters. The van der Waals surface area contributed by atoms with Crippen molar-refractivity contribution in [2.45, 2.75) is 26.2 Å². The van der Waals surface area contributed by atoms with E-state index in [0.29, 0.717) is 24.7 Å². The number of fused-ring (bicyclic) bond motifs is 1. The molecule has 0 radical (unpaired) electrons. The van der Waals surface area contributed by atoms with E-state index < -0.39 is 12.1 Å². The van der Waals surface area contributed by atoms with Gasteiger partial charge in [0.2, 0.25) is 0 Å². The Morgan fingerprint density at radius 3 is 2.49 bits per heavy atom. The van der Waals surface area contributed by atoms with Crippen molar-refractivity contribution in [1.29, 1.82) is 0 Å². The van der Waals surface area contributed by atoms with Crippen LogP contribution >= 0.6 is 11.3 Å². The summed E-state index contributed by atoms with van der Waals surface area (Å²) in [7, 11) is 3.17. The largest absolute Gasteiger partial charge is 0.493 e. The van der Waals surface area contributed by atoms with Crippen LogP contribution in [0.1, 0.15) is 27.9 Å². The molecule has 4 aromatic rings. The second-order valence-corrected chi connectivity index (χ2v) is 9.07. The third-order valence-corrected chi connectivity index (χ3v) is 6.38. The molecule has 0 bridgehead atoms. The second-order valence-electron chi connectivity index (χ2n) is 7.96. The Hall–Kier alpha value is -3.91. The van der Waals surface area contributed by atoms with Gasteiger partial charge in [0.05, 0.1) is 29.4 Å². The number of hydrogen-bond donors (Lipinski definition) is 0. The molecule has 8 heteroatoms. The van der Waals surface area contributed by atoms with Crippen LogP contribution < -0.4 is 9.47 Å². The fraction of sp³-hybridized carbons (Fsp3) is 0.222. The van der Waals surface area contributed by atoms with Gasteiger partial charge in [0.25, 0.3) is 5.91 Å². The molecule has 1 heterocycles. The van der Waals surface area contributed by atoms with E-state index in [1.165, 1.54) is 23.3 Å². The molecule has 1 aromatic heterocycles. The Labute approximate surface area is 207 Å². The predicted octanol–water partition coefficient (Wildman–Crippen LogP) is 5.09. The summed E-state index contributed by atoms with van der Waals surface area (Å²) in [6.45, 7) is 2.26. The number of ether oxygens (including phenoxy) is 3. The first kappa shape index (κ1) is 24.2. The minimum absolute atomic E-state index is 0.266. The number of carbonyl (C=O) groups is 2. The van der Waals surface area contributed by atoms with E-state index in [4.69, 9.17) is 14.2 Å². The summed E-state index contributed by atoms with van der Waals surface area (Å²) < 4.78 is 17.7. The minimum Gasteiger partial charge on any atom is -0.493 e. The Bertz CT molecular complexity index is 1290. The van der Waals surface area contributed by atoms with Crippen molar-refractivity contribution in [2.75, 3.05) is 14.2 Å². The third kappa shape index (κ3) is 5.96. The molecule has 0 saturated heterocycles. The summed E-state index contributed by atoms with van der Waals surface area (Å²) in [6.07, 6.45) is -0.957. The molecule has 1 amide bonds. The van der Waals surface area contributed by atoms with Gasteiger partial charge in [-0.2, -0.15) is 0 Å². The molecule has 0 fully saturated rings. The maximum atomic E-state index is 12.8. The second kappa shape index (κ2) is 11.0. The van der Waals surface area contributed by atoms with E-state index >= 15 is 0 Å². The number of esters is 1. The topological polar surface area (TPSA) is 78.0 Å². The number of thiazole rings is 1. The normalized spacial score (nSPS) is 11.6. The smallest absolute Gasteiger partial charge is 0.339 e. The predicted molar refractivity (Wildman–Crippen MR) is 135 cm³/mol. The van der Waals surface area contributed by atoms with E-state index in [9.17, 15) is 9.59 Å². The standard InChI is InChI=1S/C27H26N2O5S/c1-18(26(30)29(2)16-25-28-21-11-7-8-12-24(21)35-25)34-27(31)20-13-14-22(23(15-20)32-3)33-17-19-9-5-4-6-10-19/h4-15,18H,16-17H2,1-3H3. The van der Waals surface area contributed by atoms with Crippen LogP contribution in [-0.2, 0) is 22.7 Å². The van der Waals surface area contributed by atoms with Crippen molar-refractivity contribution < 1.29 is 23.8 Å². The first-order valence-corrected chi connectivity index (χ1v) is 11.9. The Morgan fingerprint density at radius 1 is 1.00 bits per heavy atom. The fourth-order valence-electron chi connectivity index (χ4n) is 3.51. The molecule has 180 valence electrons. The Kier molecular flexibility index (Phi) is 7.62. The van der Waals surface area contributed by atoms with Crippen molar-refractivity contribution in [3.63, 3.8) is 0 Å². The Morgan fingerprint density at radius 2 is 1.74 bits per heavy atom. The zero-order valence-electron chi connectivity index (χ0n) is 19.8. The number of benzene rings is 3. The van der Waals surface area contributed by atoms with Crippen molar-refractivity contribution >= 4 is 33.4 Å². The summed E-state index contributed by atoms with van der Waals surface area (Å²) in [5.41, 5.74) is 2.18. The molecule has 0 aliphatic carbocycles. The number of carbonyl (C=O) groups excluding carboxylic acids is 2. The van der Waals surface area contributed by atoms with Crippen LogP contribution in [-0.4, -0.2) is 42.0 Å². The van der Waals surface area contributed by atoms with Gasteiger partial charge in [-0.05, 0) is 42.8 Å². The fourth-order valence-corrected chi connectivity index (χ4v) is 4.53. The number of nitrogens with zero attached hydrogens (tertiary/aromatic N) is 2. The molecule has 4 rings (SSSR count). The average Bonchev–Trinajstić information content (AvgIpc) is 3.29. The molecule has 0 aliphatic rings. The molecule has 0 aliphatic heterocycles. The Balaban J connectivity index is 1.36. The average molecular weight is 491 g/mol. The first-order chi connectivity index (χ1) is 16.9. The quantitative estimate of drug-likeness (QED) is 0.304. The van der Waals surface area contributed by atoms with Crippen LogP contribution in [0.5, 0.6) is 11.5 Å². The molecule has 1 unspecified atom stereocenters. The summed E-state index contributed by atoms with van der Waals surface area (Å²) in [4.78, 5) is 31.6. The first-order valence-electron chi connectivity index (χ1n) is 11.1. The number of aromatic nitrogens is 1. The molecule has 0 spiro atoms. The maximum absolute atomic E-state index is 12.8. The number of para-hydroxylation sites is 1. The van der Waals surface area contributed by atoms with Crippen LogP contribution in [0.3, 0.4) is 0 Å². The lowest BCUT2D eigenvalue weighted by Crippen LogP contribution is -2.37. The van der Waals surface area contributed by atoms with Crippen molar-refractivity contribution in [2.24, 2.45) is 0 Å². The maximum Gasteiger partial charge on any atom is 0.339 e. The van der Waals surface area contributed by atoms with Crippen molar-refractivity contribution in [1.82, 2.24) is 9.88 Å².